The molecule has 1 unspecified atom stereocenters. The molecule has 12 heavy (non-hydrogen) atoms. The first-order chi connectivity index (χ1) is 5.31. The second kappa shape index (κ2) is 2.68. The number of hydrogen-bond donors (Lipinski definition) is 0. The van der Waals surface area contributed by atoms with Crippen LogP contribution in [0, 0.1) is 0 Å². The molecule has 5 heteroatoms. The Morgan fingerprint density at radius 2 is 1.92 bits per heavy atom. The summed E-state index contributed by atoms with van der Waals surface area (Å²) in [4.78, 5) is 1.74. The number of rotatable bonds is 3. The molecule has 1 atom stereocenters. The molecule has 1 heterocycles. The Morgan fingerprint density at radius 1 is 1.50 bits per heavy atom. The zero-order valence-electron chi connectivity index (χ0n) is 7.86. The van der Waals surface area contributed by atoms with Gasteiger partial charge in [0.2, 0.25) is 5.06 Å². The molecule has 0 aromatic heterocycles. The third kappa shape index (κ3) is 1.36. The average Bonchev–Trinajstić information content (AvgIpc) is 2.62. The summed E-state index contributed by atoms with van der Waals surface area (Å²) in [6.45, 7) is 4.17. The summed E-state index contributed by atoms with van der Waals surface area (Å²) in [7, 11) is -1.37. The van der Waals surface area contributed by atoms with E-state index in [0.29, 0.717) is 6.61 Å². The maximum absolute atomic E-state index is 11.3. The van der Waals surface area contributed by atoms with E-state index in [1.807, 2.05) is 13.8 Å². The van der Waals surface area contributed by atoms with E-state index in [1.165, 1.54) is 6.26 Å². The van der Waals surface area contributed by atoms with Crippen LogP contribution in [-0.2, 0) is 14.6 Å². The van der Waals surface area contributed by atoms with Crippen molar-refractivity contribution in [2.45, 2.75) is 24.9 Å². The molecule has 72 valence electrons. The minimum Gasteiger partial charge on any atom is -0.339 e. The number of likely N-dealkylation sites (N-methyl/N-ethyl adjacent to an activating group) is 1. The van der Waals surface area contributed by atoms with E-state index in [0.717, 1.165) is 0 Å². The van der Waals surface area contributed by atoms with Crippen LogP contribution in [0.1, 0.15) is 13.8 Å². The van der Waals surface area contributed by atoms with Crippen LogP contribution in [0.25, 0.3) is 0 Å². The summed E-state index contributed by atoms with van der Waals surface area (Å²) in [6.07, 6.45) is 1.21. The summed E-state index contributed by atoms with van der Waals surface area (Å²) in [5.41, 5.74) is 0. The lowest BCUT2D eigenvalue weighted by atomic mass is 10.3. The largest absolute Gasteiger partial charge is 0.339 e. The van der Waals surface area contributed by atoms with Gasteiger partial charge in [0, 0.05) is 12.3 Å². The van der Waals surface area contributed by atoms with Gasteiger partial charge in [-0.1, -0.05) is 0 Å². The van der Waals surface area contributed by atoms with Crippen LogP contribution in [0.2, 0.25) is 0 Å². The number of sulfone groups is 1. The highest BCUT2D eigenvalue weighted by Gasteiger charge is 2.58. The first-order valence-corrected chi connectivity index (χ1v) is 5.77. The Morgan fingerprint density at radius 3 is 2.00 bits per heavy atom. The molecule has 0 spiro atoms. The molecular weight excluding hydrogens is 178 g/mol. The van der Waals surface area contributed by atoms with Crippen LogP contribution in [0.5, 0.6) is 0 Å². The van der Waals surface area contributed by atoms with Crippen LogP contribution in [-0.4, -0.2) is 44.3 Å². The molecule has 0 saturated carbocycles. The summed E-state index contributed by atoms with van der Waals surface area (Å²) < 4.78 is 27.6. The molecule has 1 aliphatic heterocycles. The normalized spacial score (nSPS) is 29.8. The van der Waals surface area contributed by atoms with E-state index in [-0.39, 0.29) is 6.04 Å². The molecule has 0 aromatic rings. The van der Waals surface area contributed by atoms with Crippen molar-refractivity contribution < 1.29 is 13.2 Å². The second-order valence-electron chi connectivity index (χ2n) is 3.48. The highest BCUT2D eigenvalue weighted by molar-refractivity contribution is 7.92. The zero-order valence-corrected chi connectivity index (χ0v) is 8.68. The lowest BCUT2D eigenvalue weighted by Gasteiger charge is -2.26. The molecule has 0 aliphatic carbocycles. The van der Waals surface area contributed by atoms with Gasteiger partial charge in [-0.25, -0.2) is 8.42 Å². The minimum absolute atomic E-state index is 0.169. The van der Waals surface area contributed by atoms with Crippen LogP contribution < -0.4 is 0 Å². The highest BCUT2D eigenvalue weighted by atomic mass is 32.2. The lowest BCUT2D eigenvalue weighted by Crippen LogP contribution is -2.45. The van der Waals surface area contributed by atoms with Crippen molar-refractivity contribution >= 4 is 9.84 Å². The van der Waals surface area contributed by atoms with Crippen molar-refractivity contribution in [3.63, 3.8) is 0 Å². The molecule has 0 radical (unpaired) electrons. The fourth-order valence-electron chi connectivity index (χ4n) is 1.13. The van der Waals surface area contributed by atoms with E-state index in [2.05, 4.69) is 0 Å². The molecule has 4 nitrogen and oxygen atoms in total. The van der Waals surface area contributed by atoms with E-state index in [1.54, 1.807) is 11.9 Å². The summed E-state index contributed by atoms with van der Waals surface area (Å²) >= 11 is 0. The number of nitrogens with zero attached hydrogens (tertiary/aromatic N) is 1. The smallest absolute Gasteiger partial charge is 0.249 e. The predicted molar refractivity (Wildman–Crippen MR) is 46.4 cm³/mol. The highest BCUT2D eigenvalue weighted by Crippen LogP contribution is 2.36. The Labute approximate surface area is 73.4 Å². The maximum atomic E-state index is 11.3. The number of hydrogen-bond acceptors (Lipinski definition) is 4. The summed E-state index contributed by atoms with van der Waals surface area (Å²) in [5.74, 6) is 0. The van der Waals surface area contributed by atoms with Crippen LogP contribution in [0.3, 0.4) is 0 Å². The summed E-state index contributed by atoms with van der Waals surface area (Å²) in [5, 5.41) is -1.03. The molecular formula is C7H15NO3S. The SMILES string of the molecule is CC(C)N(C)C1(S(C)(=O)=O)CO1. The van der Waals surface area contributed by atoms with E-state index in [9.17, 15) is 8.42 Å². The third-order valence-corrected chi connectivity index (χ3v) is 3.97. The number of epoxide rings is 1. The molecule has 1 aliphatic rings. The molecule has 1 saturated heterocycles. The van der Waals surface area contributed by atoms with Gasteiger partial charge in [0.25, 0.3) is 0 Å². The first kappa shape index (κ1) is 9.95. The average molecular weight is 193 g/mol. The predicted octanol–water partition coefficient (Wildman–Crippen LogP) is 0.0552. The maximum Gasteiger partial charge on any atom is 0.249 e. The summed E-state index contributed by atoms with van der Waals surface area (Å²) in [6, 6.07) is 0.169. The van der Waals surface area contributed by atoms with Crippen molar-refractivity contribution in [2.24, 2.45) is 0 Å². The standard InChI is InChI=1S/C7H15NO3S/c1-6(2)8(3)7(5-11-7)12(4,9)10/h6H,5H2,1-4H3. The van der Waals surface area contributed by atoms with Crippen molar-refractivity contribution in [1.82, 2.24) is 4.90 Å². The third-order valence-electron chi connectivity index (χ3n) is 2.28. The topological polar surface area (TPSA) is 49.9 Å². The molecule has 0 bridgehead atoms. The van der Waals surface area contributed by atoms with Crippen LogP contribution in [0.4, 0.5) is 0 Å². The van der Waals surface area contributed by atoms with Gasteiger partial charge in [-0.15, -0.1) is 0 Å². The second-order valence-corrected chi connectivity index (χ2v) is 5.66. The van der Waals surface area contributed by atoms with Crippen molar-refractivity contribution in [3.05, 3.63) is 0 Å². The van der Waals surface area contributed by atoms with Gasteiger partial charge in [-0.3, -0.25) is 4.90 Å². The Hall–Kier alpha value is -0.130. The molecule has 1 fully saturated rings. The quantitative estimate of drug-likeness (QED) is 0.594. The molecule has 0 N–H and O–H groups in total. The van der Waals surface area contributed by atoms with Gasteiger partial charge in [0.15, 0.2) is 9.84 Å². The first-order valence-electron chi connectivity index (χ1n) is 3.88. The molecule has 0 amide bonds. The van der Waals surface area contributed by atoms with Gasteiger partial charge >= 0.3 is 0 Å². The van der Waals surface area contributed by atoms with Crippen LogP contribution >= 0.6 is 0 Å². The van der Waals surface area contributed by atoms with Crippen molar-refractivity contribution in [3.8, 4) is 0 Å². The van der Waals surface area contributed by atoms with Crippen molar-refractivity contribution in [2.75, 3.05) is 19.9 Å². The fraction of sp³-hybridized carbons (Fsp3) is 1.00. The van der Waals surface area contributed by atoms with E-state index >= 15 is 0 Å². The van der Waals surface area contributed by atoms with E-state index in [4.69, 9.17) is 4.74 Å². The van der Waals surface area contributed by atoms with Gasteiger partial charge in [-0.05, 0) is 20.9 Å². The van der Waals surface area contributed by atoms with Crippen molar-refractivity contribution in [1.29, 1.82) is 0 Å². The Bertz CT molecular complexity index is 266. The van der Waals surface area contributed by atoms with Gasteiger partial charge in [0.1, 0.15) is 6.61 Å². The Balaban J connectivity index is 2.88. The lowest BCUT2D eigenvalue weighted by molar-refractivity contribution is 0.140. The van der Waals surface area contributed by atoms with E-state index < -0.39 is 14.9 Å². The zero-order chi connectivity index (χ0) is 9.57. The fourth-order valence-corrected chi connectivity index (χ4v) is 2.36. The molecule has 1 rings (SSSR count). The van der Waals surface area contributed by atoms with Gasteiger partial charge < -0.3 is 4.74 Å². The Kier molecular flexibility index (Phi) is 2.22. The molecule has 0 aromatic carbocycles. The van der Waals surface area contributed by atoms with Gasteiger partial charge in [0.05, 0.1) is 0 Å². The minimum atomic E-state index is -3.13. The number of ether oxygens (including phenoxy) is 1. The van der Waals surface area contributed by atoms with Crippen LogP contribution in [0.15, 0.2) is 0 Å². The monoisotopic (exact) mass is 193 g/mol. The van der Waals surface area contributed by atoms with Gasteiger partial charge in [-0.2, -0.15) is 0 Å².